The number of halogens is 3. The fourth-order valence-electron chi connectivity index (χ4n) is 2.37. The number of pyridine rings is 1. The van der Waals surface area contributed by atoms with Gasteiger partial charge < -0.3 is 4.74 Å². The maximum absolute atomic E-state index is 12.5. The maximum Gasteiger partial charge on any atom is 0.416 e. The van der Waals surface area contributed by atoms with Crippen molar-refractivity contribution in [2.24, 2.45) is 0 Å². The van der Waals surface area contributed by atoms with Crippen LogP contribution < -0.4 is 4.74 Å². The van der Waals surface area contributed by atoms with Crippen molar-refractivity contribution in [3.8, 4) is 11.6 Å². The predicted octanol–water partition coefficient (Wildman–Crippen LogP) is 4.41. The molecule has 0 saturated carbocycles. The van der Waals surface area contributed by atoms with E-state index in [1.165, 1.54) is 12.1 Å². The molecule has 0 spiro atoms. The number of hydrogen-bond donors (Lipinski definition) is 0. The van der Waals surface area contributed by atoms with E-state index in [1.54, 1.807) is 12.1 Å². The first kappa shape index (κ1) is 14.6. The van der Waals surface area contributed by atoms with E-state index < -0.39 is 11.7 Å². The number of fused-ring (bicyclic) bond motifs is 1. The summed E-state index contributed by atoms with van der Waals surface area (Å²) in [4.78, 5) is 16.0. The number of rotatable bonds is 2. The molecule has 0 N–H and O–H groups in total. The lowest BCUT2D eigenvalue weighted by atomic mass is 9.95. The van der Waals surface area contributed by atoms with Gasteiger partial charge in [-0.3, -0.25) is 4.79 Å². The molecule has 3 rings (SSSR count). The number of ether oxygens (including phenoxy) is 1. The summed E-state index contributed by atoms with van der Waals surface area (Å²) in [7, 11) is 0. The van der Waals surface area contributed by atoms with Crippen LogP contribution in [0.4, 0.5) is 13.2 Å². The number of alkyl halides is 3. The van der Waals surface area contributed by atoms with Crippen molar-refractivity contribution in [1.82, 2.24) is 4.98 Å². The van der Waals surface area contributed by atoms with Crippen molar-refractivity contribution in [2.45, 2.75) is 25.4 Å². The quantitative estimate of drug-likeness (QED) is 0.825. The third kappa shape index (κ3) is 2.95. The Kier molecular flexibility index (Phi) is 3.60. The van der Waals surface area contributed by atoms with Crippen molar-refractivity contribution in [1.29, 1.82) is 0 Å². The van der Waals surface area contributed by atoms with Crippen molar-refractivity contribution in [3.05, 3.63) is 53.2 Å². The molecule has 1 aliphatic carbocycles. The standard InChI is InChI=1S/C16H12F3NO2/c17-16(18,19)10-4-6-11(7-5-10)22-15-9-8-12-13(20-15)2-1-3-14(12)21/h4-9H,1-3H2. The molecule has 114 valence electrons. The number of ketones is 1. The molecule has 0 saturated heterocycles. The van der Waals surface area contributed by atoms with Crippen molar-refractivity contribution >= 4 is 5.78 Å². The van der Waals surface area contributed by atoms with E-state index in [0.717, 1.165) is 18.6 Å². The van der Waals surface area contributed by atoms with Gasteiger partial charge in [0.1, 0.15) is 5.75 Å². The molecule has 0 fully saturated rings. The highest BCUT2D eigenvalue weighted by Gasteiger charge is 2.30. The monoisotopic (exact) mass is 307 g/mol. The minimum Gasteiger partial charge on any atom is -0.439 e. The molecule has 1 aromatic heterocycles. The van der Waals surface area contributed by atoms with E-state index in [0.29, 0.717) is 24.1 Å². The Labute approximate surface area is 124 Å². The number of nitrogens with zero attached hydrogens (tertiary/aromatic N) is 1. The van der Waals surface area contributed by atoms with E-state index >= 15 is 0 Å². The zero-order chi connectivity index (χ0) is 15.7. The van der Waals surface area contributed by atoms with Crippen molar-refractivity contribution in [2.75, 3.05) is 0 Å². The van der Waals surface area contributed by atoms with Gasteiger partial charge in [-0.1, -0.05) is 0 Å². The average Bonchev–Trinajstić information content (AvgIpc) is 2.47. The molecule has 1 aliphatic rings. The lowest BCUT2D eigenvalue weighted by Crippen LogP contribution is -2.12. The van der Waals surface area contributed by atoms with E-state index in [9.17, 15) is 18.0 Å². The summed E-state index contributed by atoms with van der Waals surface area (Å²) < 4.78 is 42.9. The second-order valence-electron chi connectivity index (χ2n) is 5.04. The molecule has 0 bridgehead atoms. The molecule has 3 nitrogen and oxygen atoms in total. The molecule has 6 heteroatoms. The van der Waals surface area contributed by atoms with Crippen LogP contribution in [0.1, 0.15) is 34.5 Å². The topological polar surface area (TPSA) is 39.2 Å². The average molecular weight is 307 g/mol. The summed E-state index contributed by atoms with van der Waals surface area (Å²) in [5, 5.41) is 0. The van der Waals surface area contributed by atoms with Crippen LogP contribution >= 0.6 is 0 Å². The SMILES string of the molecule is O=C1CCCc2nc(Oc3ccc(C(F)(F)F)cc3)ccc21. The summed E-state index contributed by atoms with van der Waals surface area (Å²) in [5.41, 5.74) is 0.551. The van der Waals surface area contributed by atoms with Gasteiger partial charge in [0, 0.05) is 18.1 Å². The fourth-order valence-corrected chi connectivity index (χ4v) is 2.37. The van der Waals surface area contributed by atoms with Gasteiger partial charge in [-0.25, -0.2) is 4.98 Å². The molecule has 0 atom stereocenters. The molecule has 22 heavy (non-hydrogen) atoms. The zero-order valence-electron chi connectivity index (χ0n) is 11.5. The van der Waals surface area contributed by atoms with Crippen LogP contribution in [-0.4, -0.2) is 10.8 Å². The van der Waals surface area contributed by atoms with Crippen LogP contribution in [0.2, 0.25) is 0 Å². The summed E-state index contributed by atoms with van der Waals surface area (Å²) in [6.07, 6.45) is -2.40. The van der Waals surface area contributed by atoms with E-state index in [1.807, 2.05) is 0 Å². The maximum atomic E-state index is 12.5. The Hall–Kier alpha value is -2.37. The smallest absolute Gasteiger partial charge is 0.416 e. The van der Waals surface area contributed by atoms with Crippen LogP contribution in [0.5, 0.6) is 11.6 Å². The summed E-state index contributed by atoms with van der Waals surface area (Å²) in [6.45, 7) is 0. The highest BCUT2D eigenvalue weighted by molar-refractivity contribution is 5.98. The van der Waals surface area contributed by atoms with Gasteiger partial charge in [0.25, 0.3) is 0 Å². The van der Waals surface area contributed by atoms with Crippen LogP contribution in [0.25, 0.3) is 0 Å². The second-order valence-corrected chi connectivity index (χ2v) is 5.04. The van der Waals surface area contributed by atoms with Gasteiger partial charge in [-0.15, -0.1) is 0 Å². The van der Waals surface area contributed by atoms with Gasteiger partial charge in [0.05, 0.1) is 11.3 Å². The number of carbonyl (C=O) groups is 1. The molecule has 1 heterocycles. The first-order valence-corrected chi connectivity index (χ1v) is 6.82. The number of carbonyl (C=O) groups excluding carboxylic acids is 1. The minimum atomic E-state index is -4.37. The largest absolute Gasteiger partial charge is 0.439 e. The predicted molar refractivity (Wildman–Crippen MR) is 73.0 cm³/mol. The highest BCUT2D eigenvalue weighted by atomic mass is 19.4. The normalized spacial score (nSPS) is 14.6. The van der Waals surface area contributed by atoms with E-state index in [-0.39, 0.29) is 17.4 Å². The Bertz CT molecular complexity index is 708. The fraction of sp³-hybridized carbons (Fsp3) is 0.250. The van der Waals surface area contributed by atoms with E-state index in [2.05, 4.69) is 4.98 Å². The molecule has 0 radical (unpaired) electrons. The second kappa shape index (κ2) is 5.44. The first-order chi connectivity index (χ1) is 10.4. The third-order valence-electron chi connectivity index (χ3n) is 3.47. The Morgan fingerprint density at radius 2 is 1.73 bits per heavy atom. The molecule has 0 aliphatic heterocycles. The van der Waals surface area contributed by atoms with Crippen LogP contribution in [0.3, 0.4) is 0 Å². The van der Waals surface area contributed by atoms with Crippen molar-refractivity contribution in [3.63, 3.8) is 0 Å². The van der Waals surface area contributed by atoms with Gasteiger partial charge in [-0.05, 0) is 43.2 Å². The van der Waals surface area contributed by atoms with Gasteiger partial charge >= 0.3 is 6.18 Å². The summed E-state index contributed by atoms with van der Waals surface area (Å²) >= 11 is 0. The van der Waals surface area contributed by atoms with Crippen LogP contribution in [0.15, 0.2) is 36.4 Å². The third-order valence-corrected chi connectivity index (χ3v) is 3.47. The van der Waals surface area contributed by atoms with E-state index in [4.69, 9.17) is 4.74 Å². The molecule has 0 unspecified atom stereocenters. The molecule has 2 aromatic rings. The molecule has 1 aromatic carbocycles. The number of aryl methyl sites for hydroxylation is 1. The summed E-state index contributed by atoms with van der Waals surface area (Å²) in [5.74, 6) is 0.602. The van der Waals surface area contributed by atoms with Gasteiger partial charge in [0.15, 0.2) is 5.78 Å². The Balaban J connectivity index is 1.80. The summed E-state index contributed by atoms with van der Waals surface area (Å²) in [6, 6.07) is 7.61. The number of hydrogen-bond acceptors (Lipinski definition) is 3. The number of aromatic nitrogens is 1. The molecular weight excluding hydrogens is 295 g/mol. The van der Waals surface area contributed by atoms with Gasteiger partial charge in [-0.2, -0.15) is 13.2 Å². The minimum absolute atomic E-state index is 0.0647. The molecule has 0 amide bonds. The zero-order valence-corrected chi connectivity index (χ0v) is 11.5. The number of benzene rings is 1. The molecular formula is C16H12F3NO2. The lowest BCUT2D eigenvalue weighted by Gasteiger charge is -2.14. The van der Waals surface area contributed by atoms with Crippen molar-refractivity contribution < 1.29 is 22.7 Å². The van der Waals surface area contributed by atoms with Crippen LogP contribution in [0, 0.1) is 0 Å². The van der Waals surface area contributed by atoms with Gasteiger partial charge in [0.2, 0.25) is 5.88 Å². The first-order valence-electron chi connectivity index (χ1n) is 6.82. The Morgan fingerprint density at radius 1 is 1.00 bits per heavy atom. The Morgan fingerprint density at radius 3 is 2.41 bits per heavy atom. The number of Topliss-reactive ketones (excluding diaryl/α,β-unsaturated/α-hetero) is 1. The lowest BCUT2D eigenvalue weighted by molar-refractivity contribution is -0.137. The van der Waals surface area contributed by atoms with Crippen LogP contribution in [-0.2, 0) is 12.6 Å². The highest BCUT2D eigenvalue weighted by Crippen LogP contribution is 2.31.